The van der Waals surface area contributed by atoms with Gasteiger partial charge in [0.05, 0.1) is 19.8 Å². The highest BCUT2D eigenvalue weighted by Crippen LogP contribution is 2.22. The van der Waals surface area contributed by atoms with Gasteiger partial charge in [0.25, 0.3) is 0 Å². The van der Waals surface area contributed by atoms with Crippen LogP contribution in [0.3, 0.4) is 0 Å². The molecule has 0 N–H and O–H groups in total. The molecule has 5 nitrogen and oxygen atoms in total. The molecule has 1 heterocycles. The lowest BCUT2D eigenvalue weighted by atomic mass is 10.1. The van der Waals surface area contributed by atoms with E-state index in [1.165, 1.54) is 26.0 Å². The number of hydrogen-bond acceptors (Lipinski definition) is 4. The van der Waals surface area contributed by atoms with Crippen molar-refractivity contribution in [3.05, 3.63) is 30.2 Å². The molecule has 0 spiro atoms. The van der Waals surface area contributed by atoms with Gasteiger partial charge in [-0.15, -0.1) is 0 Å². The molecule has 1 aliphatic carbocycles. The second-order valence-corrected chi connectivity index (χ2v) is 5.85. The van der Waals surface area contributed by atoms with Crippen LogP contribution in [0.4, 0.5) is 0 Å². The number of methoxy groups -OCH3 is 1. The normalized spacial score (nSPS) is 16.2. The van der Waals surface area contributed by atoms with Gasteiger partial charge in [-0.25, -0.2) is 0 Å². The van der Waals surface area contributed by atoms with Crippen molar-refractivity contribution in [1.82, 2.24) is 4.90 Å². The Morgan fingerprint density at radius 1 is 1.30 bits per heavy atom. The first-order valence-corrected chi connectivity index (χ1v) is 8.29. The summed E-state index contributed by atoms with van der Waals surface area (Å²) in [7, 11) is 1.37. The van der Waals surface area contributed by atoms with E-state index in [-0.39, 0.29) is 24.3 Å². The number of carbonyl (C=O) groups is 2. The fraction of sp³-hybridized carbons (Fsp3) is 0.556. The van der Waals surface area contributed by atoms with Gasteiger partial charge in [0, 0.05) is 18.7 Å². The van der Waals surface area contributed by atoms with Crippen molar-refractivity contribution in [1.29, 1.82) is 0 Å². The fourth-order valence-corrected chi connectivity index (χ4v) is 2.99. The summed E-state index contributed by atoms with van der Waals surface area (Å²) >= 11 is 0. The van der Waals surface area contributed by atoms with Crippen LogP contribution < -0.4 is 0 Å². The van der Waals surface area contributed by atoms with Crippen molar-refractivity contribution in [2.45, 2.75) is 51.0 Å². The van der Waals surface area contributed by atoms with Gasteiger partial charge in [-0.05, 0) is 31.1 Å². The summed E-state index contributed by atoms with van der Waals surface area (Å²) < 4.78 is 9.91. The zero-order chi connectivity index (χ0) is 16.5. The average Bonchev–Trinajstić information content (AvgIpc) is 2.95. The third-order valence-electron chi connectivity index (χ3n) is 4.27. The van der Waals surface area contributed by atoms with E-state index in [2.05, 4.69) is 0 Å². The van der Waals surface area contributed by atoms with E-state index < -0.39 is 0 Å². The highest BCUT2D eigenvalue weighted by Gasteiger charge is 2.24. The minimum absolute atomic E-state index is 0.0720. The third kappa shape index (κ3) is 5.58. The molecule has 1 aromatic heterocycles. The smallest absolute Gasteiger partial charge is 0.307 e. The Hall–Kier alpha value is -2.04. The second-order valence-electron chi connectivity index (χ2n) is 5.85. The van der Waals surface area contributed by atoms with Gasteiger partial charge in [0.15, 0.2) is 0 Å². The summed E-state index contributed by atoms with van der Waals surface area (Å²) in [5, 5.41) is 0. The van der Waals surface area contributed by atoms with Gasteiger partial charge in [0.1, 0.15) is 5.76 Å². The molecule has 0 bridgehead atoms. The van der Waals surface area contributed by atoms with Crippen molar-refractivity contribution in [2.24, 2.45) is 0 Å². The van der Waals surface area contributed by atoms with Crippen LogP contribution in [-0.2, 0) is 14.3 Å². The standard InChI is InChI=1S/C18H25NO4/c1-22-18(21)12-13-19(15-7-4-2-3-5-8-15)17(20)11-10-16-9-6-14-23-16/h6,9-11,14-15H,2-5,7-8,12-13H2,1H3/b11-10+. The molecule has 1 aromatic rings. The van der Waals surface area contributed by atoms with Crippen molar-refractivity contribution in [3.63, 3.8) is 0 Å². The van der Waals surface area contributed by atoms with Gasteiger partial charge in [-0.1, -0.05) is 25.7 Å². The summed E-state index contributed by atoms with van der Waals surface area (Å²) in [5.41, 5.74) is 0. The molecule has 23 heavy (non-hydrogen) atoms. The van der Waals surface area contributed by atoms with Crippen LogP contribution in [0.1, 0.15) is 50.7 Å². The SMILES string of the molecule is COC(=O)CCN(C(=O)/C=C/c1ccco1)C1CCCCCC1. The van der Waals surface area contributed by atoms with Crippen LogP contribution in [0.5, 0.6) is 0 Å². The zero-order valence-corrected chi connectivity index (χ0v) is 13.7. The highest BCUT2D eigenvalue weighted by atomic mass is 16.5. The van der Waals surface area contributed by atoms with Gasteiger partial charge in [-0.3, -0.25) is 9.59 Å². The minimum atomic E-state index is -0.286. The molecule has 0 radical (unpaired) electrons. The Morgan fingerprint density at radius 3 is 2.65 bits per heavy atom. The van der Waals surface area contributed by atoms with E-state index in [0.29, 0.717) is 12.3 Å². The predicted octanol–water partition coefficient (Wildman–Crippen LogP) is 3.41. The lowest BCUT2D eigenvalue weighted by molar-refractivity contribution is -0.141. The third-order valence-corrected chi connectivity index (χ3v) is 4.27. The average molecular weight is 319 g/mol. The first kappa shape index (κ1) is 17.3. The number of esters is 1. The number of hydrogen-bond donors (Lipinski definition) is 0. The summed E-state index contributed by atoms with van der Waals surface area (Å²) in [6, 6.07) is 3.79. The predicted molar refractivity (Wildman–Crippen MR) is 87.6 cm³/mol. The summed E-state index contributed by atoms with van der Waals surface area (Å²) in [5.74, 6) is 0.288. The Morgan fingerprint density at radius 2 is 2.04 bits per heavy atom. The van der Waals surface area contributed by atoms with Gasteiger partial charge in [-0.2, -0.15) is 0 Å². The molecule has 1 amide bonds. The molecule has 126 valence electrons. The Bertz CT molecular complexity index is 513. The summed E-state index contributed by atoms with van der Waals surface area (Å²) in [4.78, 5) is 25.9. The molecule has 2 rings (SSSR count). The van der Waals surface area contributed by atoms with Crippen molar-refractivity contribution in [2.75, 3.05) is 13.7 Å². The second kappa shape index (κ2) is 9.18. The van der Waals surface area contributed by atoms with Crippen LogP contribution in [0, 0.1) is 0 Å². The van der Waals surface area contributed by atoms with Crippen molar-refractivity contribution in [3.8, 4) is 0 Å². The largest absolute Gasteiger partial charge is 0.469 e. The fourth-order valence-electron chi connectivity index (χ4n) is 2.99. The van der Waals surface area contributed by atoms with E-state index in [4.69, 9.17) is 9.15 Å². The van der Waals surface area contributed by atoms with Crippen LogP contribution in [0.15, 0.2) is 28.9 Å². The van der Waals surface area contributed by atoms with E-state index >= 15 is 0 Å². The molecule has 5 heteroatoms. The number of ether oxygens (including phenoxy) is 1. The molecule has 0 atom stereocenters. The molecular formula is C18H25NO4. The first-order chi connectivity index (χ1) is 11.2. The van der Waals surface area contributed by atoms with Crippen LogP contribution >= 0.6 is 0 Å². The number of rotatable bonds is 6. The molecule has 1 aliphatic rings. The van der Waals surface area contributed by atoms with Gasteiger partial charge >= 0.3 is 5.97 Å². The maximum absolute atomic E-state index is 12.6. The van der Waals surface area contributed by atoms with Crippen LogP contribution in [0.2, 0.25) is 0 Å². The monoisotopic (exact) mass is 319 g/mol. The quantitative estimate of drug-likeness (QED) is 0.458. The maximum Gasteiger partial charge on any atom is 0.307 e. The number of nitrogens with zero attached hydrogens (tertiary/aromatic N) is 1. The number of amides is 1. The van der Waals surface area contributed by atoms with Crippen LogP contribution in [-0.4, -0.2) is 36.5 Å². The van der Waals surface area contributed by atoms with Crippen LogP contribution in [0.25, 0.3) is 6.08 Å². The molecule has 0 aliphatic heterocycles. The molecule has 0 aromatic carbocycles. The Labute approximate surface area is 137 Å². The molecular weight excluding hydrogens is 294 g/mol. The first-order valence-electron chi connectivity index (χ1n) is 8.29. The molecule has 0 saturated heterocycles. The van der Waals surface area contributed by atoms with E-state index in [1.54, 1.807) is 24.5 Å². The van der Waals surface area contributed by atoms with E-state index in [0.717, 1.165) is 25.7 Å². The number of furan rings is 1. The summed E-state index contributed by atoms with van der Waals surface area (Å²) in [6.07, 6.45) is 11.7. The van der Waals surface area contributed by atoms with Crippen molar-refractivity contribution < 1.29 is 18.7 Å². The Balaban J connectivity index is 2.04. The highest BCUT2D eigenvalue weighted by molar-refractivity contribution is 5.91. The molecule has 1 fully saturated rings. The van der Waals surface area contributed by atoms with E-state index in [1.807, 2.05) is 4.90 Å². The zero-order valence-electron chi connectivity index (χ0n) is 13.7. The lowest BCUT2D eigenvalue weighted by Gasteiger charge is -2.30. The topological polar surface area (TPSA) is 59.8 Å². The molecule has 1 saturated carbocycles. The van der Waals surface area contributed by atoms with E-state index in [9.17, 15) is 9.59 Å². The van der Waals surface area contributed by atoms with Crippen molar-refractivity contribution >= 4 is 18.0 Å². The minimum Gasteiger partial charge on any atom is -0.469 e. The summed E-state index contributed by atoms with van der Waals surface area (Å²) in [6.45, 7) is 0.401. The maximum atomic E-state index is 12.6. The van der Waals surface area contributed by atoms with Gasteiger partial charge in [0.2, 0.25) is 5.91 Å². The number of carbonyl (C=O) groups excluding carboxylic acids is 2. The Kier molecular flexibility index (Phi) is 6.91. The lowest BCUT2D eigenvalue weighted by Crippen LogP contribution is -2.40. The molecule has 0 unspecified atom stereocenters. The van der Waals surface area contributed by atoms with Gasteiger partial charge < -0.3 is 14.1 Å².